The van der Waals surface area contributed by atoms with E-state index in [0.717, 1.165) is 23.0 Å². The molecule has 0 radical (unpaired) electrons. The zero-order valence-electron chi connectivity index (χ0n) is 11.6. The highest BCUT2D eigenvalue weighted by molar-refractivity contribution is 7.99. The summed E-state index contributed by atoms with van der Waals surface area (Å²) in [7, 11) is 0. The van der Waals surface area contributed by atoms with Gasteiger partial charge in [-0.15, -0.1) is 5.10 Å². The summed E-state index contributed by atoms with van der Waals surface area (Å²) in [4.78, 5) is 0.479. The van der Waals surface area contributed by atoms with Crippen LogP contribution in [0.1, 0.15) is 11.1 Å². The van der Waals surface area contributed by atoms with Crippen molar-refractivity contribution in [1.82, 2.24) is 20.2 Å². The van der Waals surface area contributed by atoms with E-state index in [1.807, 2.05) is 37.3 Å². The highest BCUT2D eigenvalue weighted by atomic mass is 32.2. The smallest absolute Gasteiger partial charge is 0.206 e. The number of hydrogen-bond acceptors (Lipinski definition) is 5. The van der Waals surface area contributed by atoms with E-state index >= 15 is 0 Å². The van der Waals surface area contributed by atoms with Gasteiger partial charge in [0.25, 0.3) is 0 Å². The van der Waals surface area contributed by atoms with Crippen molar-refractivity contribution in [2.45, 2.75) is 17.0 Å². The van der Waals surface area contributed by atoms with E-state index in [1.165, 1.54) is 6.07 Å². The Hall–Kier alpha value is -2.72. The molecule has 2 aromatic carbocycles. The fraction of sp³-hybridized carbons (Fsp3) is 0.0667. The van der Waals surface area contributed by atoms with Crippen LogP contribution in [0, 0.1) is 24.1 Å². The molecule has 0 aliphatic carbocycles. The first-order valence-electron chi connectivity index (χ1n) is 6.41. The Morgan fingerprint density at radius 3 is 2.77 bits per heavy atom. The summed E-state index contributed by atoms with van der Waals surface area (Å²) in [6.45, 7) is 1.95. The molecule has 1 heterocycles. The van der Waals surface area contributed by atoms with E-state index in [9.17, 15) is 4.39 Å². The van der Waals surface area contributed by atoms with Crippen molar-refractivity contribution in [3.05, 3.63) is 59.4 Å². The fourth-order valence-corrected chi connectivity index (χ4v) is 2.88. The summed E-state index contributed by atoms with van der Waals surface area (Å²) >= 11 is 1.15. The fourth-order valence-electron chi connectivity index (χ4n) is 1.99. The van der Waals surface area contributed by atoms with Gasteiger partial charge in [-0.3, -0.25) is 0 Å². The Balaban J connectivity index is 2.03. The third kappa shape index (κ3) is 2.56. The molecule has 108 valence electrons. The summed E-state index contributed by atoms with van der Waals surface area (Å²) in [6, 6.07) is 14.0. The Morgan fingerprint density at radius 1 is 1.18 bits per heavy atom. The molecule has 0 saturated carbocycles. The molecular weight excluding hydrogens is 301 g/mol. The second-order valence-corrected chi connectivity index (χ2v) is 5.50. The monoisotopic (exact) mass is 311 g/mol. The quantitative estimate of drug-likeness (QED) is 0.743. The molecule has 1 aromatic heterocycles. The molecule has 22 heavy (non-hydrogen) atoms. The molecule has 0 amide bonds. The summed E-state index contributed by atoms with van der Waals surface area (Å²) in [5, 5.41) is 21.2. The number of nitriles is 1. The van der Waals surface area contributed by atoms with Crippen molar-refractivity contribution < 1.29 is 4.39 Å². The first-order valence-corrected chi connectivity index (χ1v) is 7.23. The zero-order valence-corrected chi connectivity index (χ0v) is 12.4. The minimum atomic E-state index is -0.553. The average molecular weight is 311 g/mol. The van der Waals surface area contributed by atoms with E-state index < -0.39 is 5.82 Å². The lowest BCUT2D eigenvalue weighted by atomic mass is 10.2. The maximum atomic E-state index is 13.7. The number of nitrogens with zero attached hydrogens (tertiary/aromatic N) is 5. The molecule has 0 aliphatic heterocycles. The second kappa shape index (κ2) is 5.95. The lowest BCUT2D eigenvalue weighted by Gasteiger charge is -2.07. The van der Waals surface area contributed by atoms with Crippen LogP contribution in [0.4, 0.5) is 4.39 Å². The standard InChI is InChI=1S/C15H10FN5S/c1-10-5-2-3-7-13(10)21-15(18-19-20-21)22-14-8-4-6-12(16)11(14)9-17/h2-8H,1H3. The van der Waals surface area contributed by atoms with Crippen molar-refractivity contribution in [1.29, 1.82) is 5.26 Å². The Bertz CT molecular complexity index is 868. The third-order valence-corrected chi connectivity index (χ3v) is 4.07. The van der Waals surface area contributed by atoms with Crippen molar-refractivity contribution >= 4 is 11.8 Å². The van der Waals surface area contributed by atoms with Gasteiger partial charge in [-0.1, -0.05) is 24.3 Å². The molecule has 7 heteroatoms. The third-order valence-electron chi connectivity index (χ3n) is 3.07. The van der Waals surface area contributed by atoms with Gasteiger partial charge in [0.2, 0.25) is 5.16 Å². The SMILES string of the molecule is Cc1ccccc1-n1nnnc1Sc1cccc(F)c1C#N. The van der Waals surface area contributed by atoms with Gasteiger partial charge in [0, 0.05) is 4.90 Å². The first kappa shape index (κ1) is 14.2. The van der Waals surface area contributed by atoms with Crippen LogP contribution in [0.15, 0.2) is 52.5 Å². The summed E-state index contributed by atoms with van der Waals surface area (Å²) in [6.07, 6.45) is 0. The Kier molecular flexibility index (Phi) is 3.85. The topological polar surface area (TPSA) is 67.4 Å². The van der Waals surface area contributed by atoms with Gasteiger partial charge in [0.15, 0.2) is 0 Å². The van der Waals surface area contributed by atoms with Crippen LogP contribution in [0.3, 0.4) is 0 Å². The maximum absolute atomic E-state index is 13.7. The van der Waals surface area contributed by atoms with Crippen molar-refractivity contribution in [2.24, 2.45) is 0 Å². The van der Waals surface area contributed by atoms with Gasteiger partial charge in [-0.25, -0.2) is 4.39 Å². The van der Waals surface area contributed by atoms with Crippen LogP contribution in [-0.4, -0.2) is 20.2 Å². The van der Waals surface area contributed by atoms with Crippen LogP contribution in [-0.2, 0) is 0 Å². The second-order valence-electron chi connectivity index (χ2n) is 4.49. The molecule has 0 bridgehead atoms. The largest absolute Gasteiger partial charge is 0.218 e. The van der Waals surface area contributed by atoms with E-state index in [0.29, 0.717) is 10.1 Å². The van der Waals surface area contributed by atoms with Gasteiger partial charge in [0.05, 0.1) is 5.69 Å². The summed E-state index contributed by atoms with van der Waals surface area (Å²) in [5.41, 5.74) is 1.84. The highest BCUT2D eigenvalue weighted by Gasteiger charge is 2.15. The summed E-state index contributed by atoms with van der Waals surface area (Å²) < 4.78 is 15.2. The predicted octanol–water partition coefficient (Wildman–Crippen LogP) is 3.13. The van der Waals surface area contributed by atoms with Crippen molar-refractivity contribution in [3.63, 3.8) is 0 Å². The van der Waals surface area contributed by atoms with Gasteiger partial charge >= 0.3 is 0 Å². The molecule has 0 spiro atoms. The number of rotatable bonds is 3. The number of para-hydroxylation sites is 1. The molecule has 0 saturated heterocycles. The predicted molar refractivity (Wildman–Crippen MR) is 79.1 cm³/mol. The zero-order chi connectivity index (χ0) is 15.5. The average Bonchev–Trinajstić information content (AvgIpc) is 2.96. The molecule has 0 N–H and O–H groups in total. The lowest BCUT2D eigenvalue weighted by Crippen LogP contribution is -2.01. The number of benzene rings is 2. The number of hydrogen-bond donors (Lipinski definition) is 0. The normalized spacial score (nSPS) is 10.4. The van der Waals surface area contributed by atoms with Crippen LogP contribution in [0.5, 0.6) is 0 Å². The number of aryl methyl sites for hydroxylation is 1. The minimum absolute atomic E-state index is 0.00756. The highest BCUT2D eigenvalue weighted by Crippen LogP contribution is 2.31. The van der Waals surface area contributed by atoms with E-state index in [4.69, 9.17) is 5.26 Å². The van der Waals surface area contributed by atoms with Crippen LogP contribution in [0.2, 0.25) is 0 Å². The molecule has 0 unspecified atom stereocenters. The molecule has 0 aliphatic rings. The Labute approximate surface area is 130 Å². The number of tetrazole rings is 1. The number of aromatic nitrogens is 4. The lowest BCUT2D eigenvalue weighted by molar-refractivity contribution is 0.619. The first-order chi connectivity index (χ1) is 10.7. The van der Waals surface area contributed by atoms with E-state index in [1.54, 1.807) is 16.8 Å². The van der Waals surface area contributed by atoms with Crippen LogP contribution >= 0.6 is 11.8 Å². The maximum Gasteiger partial charge on any atom is 0.218 e. The molecule has 5 nitrogen and oxygen atoms in total. The van der Waals surface area contributed by atoms with Gasteiger partial charge in [-0.05, 0) is 52.9 Å². The molecule has 0 fully saturated rings. The molecular formula is C15H10FN5S. The molecule has 3 aromatic rings. The molecule has 3 rings (SSSR count). The van der Waals surface area contributed by atoms with Crippen molar-refractivity contribution in [2.75, 3.05) is 0 Å². The van der Waals surface area contributed by atoms with E-state index in [-0.39, 0.29) is 5.56 Å². The minimum Gasteiger partial charge on any atom is -0.206 e. The van der Waals surface area contributed by atoms with Gasteiger partial charge < -0.3 is 0 Å². The van der Waals surface area contributed by atoms with E-state index in [2.05, 4.69) is 15.5 Å². The molecule has 0 atom stereocenters. The Morgan fingerprint density at radius 2 is 2.00 bits per heavy atom. The summed E-state index contributed by atoms with van der Waals surface area (Å²) in [5.74, 6) is -0.553. The number of halogens is 1. The van der Waals surface area contributed by atoms with Gasteiger partial charge in [-0.2, -0.15) is 9.94 Å². The van der Waals surface area contributed by atoms with Gasteiger partial charge in [0.1, 0.15) is 17.4 Å². The van der Waals surface area contributed by atoms with Crippen molar-refractivity contribution in [3.8, 4) is 11.8 Å². The van der Waals surface area contributed by atoms with Crippen LogP contribution < -0.4 is 0 Å². The van der Waals surface area contributed by atoms with Crippen LogP contribution in [0.25, 0.3) is 5.69 Å².